The Balaban J connectivity index is 2.49. The lowest BCUT2D eigenvalue weighted by atomic mass is 10.1. The maximum Gasteiger partial charge on any atom is 0.258 e. The van der Waals surface area contributed by atoms with Gasteiger partial charge in [0.25, 0.3) is 5.56 Å². The number of hydrogen-bond donors (Lipinski definition) is 0. The van der Waals surface area contributed by atoms with E-state index in [1.807, 2.05) is 38.1 Å². The first-order chi connectivity index (χ1) is 9.13. The molecule has 0 fully saturated rings. The fraction of sp³-hybridized carbons (Fsp3) is 0.400. The van der Waals surface area contributed by atoms with Crippen LogP contribution in [0.5, 0.6) is 5.75 Å². The van der Waals surface area contributed by atoms with Crippen LogP contribution in [0.2, 0.25) is 0 Å². The second-order valence-corrected chi connectivity index (χ2v) is 4.69. The smallest absolute Gasteiger partial charge is 0.258 e. The number of nitrogens with zero attached hydrogens (tertiary/aromatic N) is 1. The number of methoxy groups -OCH3 is 1. The van der Waals surface area contributed by atoms with Gasteiger partial charge in [0.2, 0.25) is 0 Å². The lowest BCUT2D eigenvalue weighted by Crippen LogP contribution is -2.21. The minimum atomic E-state index is -0.0104. The Morgan fingerprint density at radius 1 is 1.21 bits per heavy atom. The van der Waals surface area contributed by atoms with Gasteiger partial charge < -0.3 is 14.0 Å². The average Bonchev–Trinajstić information content (AvgIpc) is 2.38. The van der Waals surface area contributed by atoms with Gasteiger partial charge in [0.05, 0.1) is 18.1 Å². The topological polar surface area (TPSA) is 40.5 Å². The summed E-state index contributed by atoms with van der Waals surface area (Å²) in [7, 11) is 1.63. The van der Waals surface area contributed by atoms with Gasteiger partial charge >= 0.3 is 0 Å². The zero-order valence-corrected chi connectivity index (χ0v) is 11.6. The second-order valence-electron chi connectivity index (χ2n) is 4.69. The van der Waals surface area contributed by atoms with Gasteiger partial charge in [0, 0.05) is 25.2 Å². The Labute approximate surface area is 112 Å². The van der Waals surface area contributed by atoms with E-state index in [1.54, 1.807) is 17.9 Å². The second kappa shape index (κ2) is 5.89. The number of aromatic nitrogens is 1. The molecule has 4 nitrogen and oxygen atoms in total. The summed E-state index contributed by atoms with van der Waals surface area (Å²) in [4.78, 5) is 12.3. The van der Waals surface area contributed by atoms with Crippen molar-refractivity contribution in [3.05, 3.63) is 40.8 Å². The monoisotopic (exact) mass is 261 g/mol. The van der Waals surface area contributed by atoms with E-state index in [9.17, 15) is 4.79 Å². The van der Waals surface area contributed by atoms with Gasteiger partial charge in [0.1, 0.15) is 5.75 Å². The number of rotatable bonds is 5. The highest BCUT2D eigenvalue weighted by Crippen LogP contribution is 2.24. The van der Waals surface area contributed by atoms with E-state index in [0.29, 0.717) is 18.5 Å². The van der Waals surface area contributed by atoms with Gasteiger partial charge in [-0.2, -0.15) is 0 Å². The molecule has 1 aromatic heterocycles. The van der Waals surface area contributed by atoms with Crippen LogP contribution in [0, 0.1) is 0 Å². The average molecular weight is 261 g/mol. The number of pyridine rings is 1. The molecule has 2 rings (SSSR count). The van der Waals surface area contributed by atoms with Crippen molar-refractivity contribution in [1.29, 1.82) is 0 Å². The molecule has 2 aromatic rings. The molecule has 0 aliphatic rings. The Kier molecular flexibility index (Phi) is 4.22. The van der Waals surface area contributed by atoms with Gasteiger partial charge in [-0.3, -0.25) is 4.79 Å². The Hall–Kier alpha value is -1.81. The molecule has 0 unspecified atom stereocenters. The summed E-state index contributed by atoms with van der Waals surface area (Å²) in [6.07, 6.45) is 1.87. The molecule has 0 atom stereocenters. The number of fused-ring (bicyclic) bond motifs is 1. The standard InChI is InChI=1S/C15H19NO3/c1-11(2)19-14-6-4-5-13-12(14)7-8-16(15(13)17)9-10-18-3/h4-8,11H,9-10H2,1-3H3. The molecule has 0 saturated heterocycles. The van der Waals surface area contributed by atoms with E-state index in [2.05, 4.69) is 0 Å². The highest BCUT2D eigenvalue weighted by Gasteiger charge is 2.08. The number of benzene rings is 1. The van der Waals surface area contributed by atoms with Gasteiger partial charge in [-0.15, -0.1) is 0 Å². The summed E-state index contributed by atoms with van der Waals surface area (Å²) in [5.41, 5.74) is -0.0104. The van der Waals surface area contributed by atoms with Crippen molar-refractivity contribution < 1.29 is 9.47 Å². The molecule has 0 N–H and O–H groups in total. The van der Waals surface area contributed by atoms with Crippen molar-refractivity contribution >= 4 is 10.8 Å². The van der Waals surface area contributed by atoms with Crippen LogP contribution in [0.4, 0.5) is 0 Å². The Morgan fingerprint density at radius 3 is 2.68 bits per heavy atom. The van der Waals surface area contributed by atoms with Crippen molar-refractivity contribution in [2.45, 2.75) is 26.5 Å². The SMILES string of the molecule is COCCn1ccc2c(OC(C)C)cccc2c1=O. The molecule has 0 bridgehead atoms. The lowest BCUT2D eigenvalue weighted by Gasteiger charge is -2.13. The van der Waals surface area contributed by atoms with E-state index in [0.717, 1.165) is 11.1 Å². The normalized spacial score (nSPS) is 11.2. The van der Waals surface area contributed by atoms with E-state index in [-0.39, 0.29) is 11.7 Å². The van der Waals surface area contributed by atoms with Crippen LogP contribution in [0.15, 0.2) is 35.3 Å². The van der Waals surface area contributed by atoms with Gasteiger partial charge in [-0.25, -0.2) is 0 Å². The zero-order valence-electron chi connectivity index (χ0n) is 11.6. The van der Waals surface area contributed by atoms with Gasteiger partial charge in [0.15, 0.2) is 0 Å². The summed E-state index contributed by atoms with van der Waals surface area (Å²) >= 11 is 0. The zero-order chi connectivity index (χ0) is 13.8. The molecule has 4 heteroatoms. The highest BCUT2D eigenvalue weighted by atomic mass is 16.5. The fourth-order valence-corrected chi connectivity index (χ4v) is 2.01. The van der Waals surface area contributed by atoms with Crippen LogP contribution in [0.25, 0.3) is 10.8 Å². The van der Waals surface area contributed by atoms with Crippen molar-refractivity contribution in [3.63, 3.8) is 0 Å². The largest absolute Gasteiger partial charge is 0.490 e. The minimum Gasteiger partial charge on any atom is -0.490 e. The molecule has 0 amide bonds. The quantitative estimate of drug-likeness (QED) is 0.830. The molecule has 0 spiro atoms. The first-order valence-electron chi connectivity index (χ1n) is 6.41. The first-order valence-corrected chi connectivity index (χ1v) is 6.41. The molecule has 1 aromatic carbocycles. The number of ether oxygens (including phenoxy) is 2. The van der Waals surface area contributed by atoms with E-state index >= 15 is 0 Å². The van der Waals surface area contributed by atoms with Gasteiger partial charge in [-0.1, -0.05) is 6.07 Å². The predicted octanol–water partition coefficient (Wildman–Crippen LogP) is 2.44. The fourth-order valence-electron chi connectivity index (χ4n) is 2.01. The third-order valence-electron chi connectivity index (χ3n) is 2.88. The molecule has 0 aliphatic carbocycles. The molecule has 19 heavy (non-hydrogen) atoms. The molecule has 1 heterocycles. The molecule has 0 aliphatic heterocycles. The molecule has 0 saturated carbocycles. The summed E-state index contributed by atoms with van der Waals surface area (Å²) in [6.45, 7) is 5.02. The summed E-state index contributed by atoms with van der Waals surface area (Å²) in [5.74, 6) is 0.753. The highest BCUT2D eigenvalue weighted by molar-refractivity contribution is 5.87. The predicted molar refractivity (Wildman–Crippen MR) is 75.8 cm³/mol. The van der Waals surface area contributed by atoms with Crippen LogP contribution >= 0.6 is 0 Å². The third-order valence-corrected chi connectivity index (χ3v) is 2.88. The third kappa shape index (κ3) is 2.96. The van der Waals surface area contributed by atoms with Crippen LogP contribution < -0.4 is 10.3 Å². The van der Waals surface area contributed by atoms with Crippen molar-refractivity contribution in [3.8, 4) is 5.75 Å². The maximum atomic E-state index is 12.3. The Bertz CT molecular complexity index is 616. The maximum absolute atomic E-state index is 12.3. The summed E-state index contributed by atoms with van der Waals surface area (Å²) in [5, 5.41) is 1.53. The van der Waals surface area contributed by atoms with Crippen LogP contribution in [-0.4, -0.2) is 24.4 Å². The van der Waals surface area contributed by atoms with Gasteiger partial charge in [-0.05, 0) is 32.0 Å². The van der Waals surface area contributed by atoms with Crippen LogP contribution in [0.1, 0.15) is 13.8 Å². The van der Waals surface area contributed by atoms with E-state index in [4.69, 9.17) is 9.47 Å². The van der Waals surface area contributed by atoms with Crippen LogP contribution in [0.3, 0.4) is 0 Å². The van der Waals surface area contributed by atoms with Crippen molar-refractivity contribution in [1.82, 2.24) is 4.57 Å². The van der Waals surface area contributed by atoms with Crippen LogP contribution in [-0.2, 0) is 11.3 Å². The van der Waals surface area contributed by atoms with E-state index < -0.39 is 0 Å². The Morgan fingerprint density at radius 2 is 2.00 bits per heavy atom. The molecule has 102 valence electrons. The minimum absolute atomic E-state index is 0.0104. The molecular formula is C15H19NO3. The van der Waals surface area contributed by atoms with Crippen molar-refractivity contribution in [2.24, 2.45) is 0 Å². The van der Waals surface area contributed by atoms with Crippen molar-refractivity contribution in [2.75, 3.05) is 13.7 Å². The van der Waals surface area contributed by atoms with E-state index in [1.165, 1.54) is 0 Å². The first kappa shape index (κ1) is 13.6. The summed E-state index contributed by atoms with van der Waals surface area (Å²) < 4.78 is 12.4. The lowest BCUT2D eigenvalue weighted by molar-refractivity contribution is 0.186. The molecular weight excluding hydrogens is 242 g/mol. The number of hydrogen-bond acceptors (Lipinski definition) is 3. The summed E-state index contributed by atoms with van der Waals surface area (Å²) in [6, 6.07) is 7.49. The molecule has 0 radical (unpaired) electrons.